The highest BCUT2D eigenvalue weighted by molar-refractivity contribution is 5.97. The van der Waals surface area contributed by atoms with E-state index in [2.05, 4.69) is 16.0 Å². The van der Waals surface area contributed by atoms with E-state index in [0.29, 0.717) is 25.8 Å². The van der Waals surface area contributed by atoms with Crippen LogP contribution in [0.25, 0.3) is 0 Å². The Bertz CT molecular complexity index is 747. The van der Waals surface area contributed by atoms with Gasteiger partial charge in [-0.05, 0) is 25.3 Å². The number of carboxylic acids is 1. The van der Waals surface area contributed by atoms with E-state index in [4.69, 9.17) is 22.9 Å². The molecule has 0 aliphatic heterocycles. The number of nitrogens with one attached hydrogen (secondary N) is 3. The zero-order chi connectivity index (χ0) is 26.4. The number of rotatable bonds is 17. The maximum absolute atomic E-state index is 12.8. The lowest BCUT2D eigenvalue weighted by Gasteiger charge is -2.25. The first-order valence-corrected chi connectivity index (χ1v) is 11.0. The molecule has 0 aromatic heterocycles. The monoisotopic (exact) mass is 487 g/mol. The minimum absolute atomic E-state index is 0.285. The van der Waals surface area contributed by atoms with E-state index in [9.17, 15) is 33.9 Å². The number of carbonyl (C=O) groups excluding carboxylic acids is 5. The molecule has 14 nitrogen and oxygen atoms in total. The first kappa shape index (κ1) is 30.7. The fraction of sp³-hybridized carbons (Fsp3) is 0.700. The van der Waals surface area contributed by atoms with Crippen molar-refractivity contribution in [2.24, 2.45) is 28.9 Å². The van der Waals surface area contributed by atoms with Gasteiger partial charge in [0.1, 0.15) is 18.1 Å². The summed E-state index contributed by atoms with van der Waals surface area (Å²) < 4.78 is 0. The highest BCUT2D eigenvalue weighted by atomic mass is 16.4. The minimum atomic E-state index is -1.55. The number of primary amides is 2. The molecule has 0 heterocycles. The lowest BCUT2D eigenvalue weighted by Crippen LogP contribution is -2.58. The molecular weight excluding hydrogens is 450 g/mol. The summed E-state index contributed by atoms with van der Waals surface area (Å²) in [4.78, 5) is 72.2. The molecular formula is C20H37N7O7. The van der Waals surface area contributed by atoms with Crippen molar-refractivity contribution in [3.63, 3.8) is 0 Å². The van der Waals surface area contributed by atoms with E-state index >= 15 is 0 Å². The Morgan fingerprint density at radius 3 is 1.71 bits per heavy atom. The van der Waals surface area contributed by atoms with E-state index in [-0.39, 0.29) is 6.42 Å². The third kappa shape index (κ3) is 11.6. The van der Waals surface area contributed by atoms with Crippen LogP contribution in [-0.2, 0) is 28.8 Å². The Labute approximate surface area is 197 Å². The summed E-state index contributed by atoms with van der Waals surface area (Å²) in [7, 11) is 0. The molecule has 5 unspecified atom stereocenters. The minimum Gasteiger partial charge on any atom is -0.480 e. The second kappa shape index (κ2) is 15.6. The van der Waals surface area contributed by atoms with Crippen LogP contribution in [0.5, 0.6) is 0 Å². The van der Waals surface area contributed by atoms with Gasteiger partial charge >= 0.3 is 5.97 Å². The van der Waals surface area contributed by atoms with Crippen LogP contribution in [0, 0.1) is 5.92 Å². The first-order chi connectivity index (χ1) is 15.8. The van der Waals surface area contributed by atoms with Gasteiger partial charge in [0.25, 0.3) is 0 Å². The third-order valence-electron chi connectivity index (χ3n) is 5.16. The van der Waals surface area contributed by atoms with Gasteiger partial charge in [0, 0.05) is 0 Å². The van der Waals surface area contributed by atoms with Crippen molar-refractivity contribution in [1.29, 1.82) is 0 Å². The number of hydrogen-bond acceptors (Lipinski definition) is 8. The average molecular weight is 488 g/mol. The topological polar surface area (TPSA) is 263 Å². The van der Waals surface area contributed by atoms with Crippen molar-refractivity contribution in [3.05, 3.63) is 0 Å². The zero-order valence-corrected chi connectivity index (χ0v) is 19.5. The quantitative estimate of drug-likeness (QED) is 0.0957. The molecule has 5 atom stereocenters. The van der Waals surface area contributed by atoms with E-state index in [0.717, 1.165) is 0 Å². The number of aliphatic carboxylic acids is 1. The van der Waals surface area contributed by atoms with Crippen LogP contribution in [0.3, 0.4) is 0 Å². The predicted molar refractivity (Wildman–Crippen MR) is 121 cm³/mol. The maximum Gasteiger partial charge on any atom is 0.326 e. The molecule has 0 bridgehead atoms. The average Bonchev–Trinajstić information content (AvgIpc) is 2.74. The smallest absolute Gasteiger partial charge is 0.326 e. The molecule has 0 aromatic carbocycles. The second-order valence-corrected chi connectivity index (χ2v) is 8.06. The highest BCUT2D eigenvalue weighted by Crippen LogP contribution is 2.09. The molecule has 14 heteroatoms. The van der Waals surface area contributed by atoms with Crippen molar-refractivity contribution < 1.29 is 33.9 Å². The number of amides is 5. The number of carboxylic acid groups (broad SMARTS) is 1. The summed E-state index contributed by atoms with van der Waals surface area (Å²) in [6.45, 7) is 3.76. The molecule has 0 aromatic rings. The van der Waals surface area contributed by atoms with Crippen LogP contribution in [0.4, 0.5) is 0 Å². The molecule has 0 saturated carbocycles. The van der Waals surface area contributed by atoms with Gasteiger partial charge < -0.3 is 44.0 Å². The Morgan fingerprint density at radius 2 is 1.29 bits per heavy atom. The van der Waals surface area contributed by atoms with Crippen LogP contribution >= 0.6 is 0 Å². The summed E-state index contributed by atoms with van der Waals surface area (Å²) in [5, 5.41) is 16.2. The van der Waals surface area contributed by atoms with E-state index < -0.39 is 78.4 Å². The first-order valence-electron chi connectivity index (χ1n) is 11.0. The standard InChI is InChI=1S/C20H37N7O7/c1-3-10(2)16(20(33)34)27-19(32)13(9-15(24)29)26-18(31)12(8-14(23)28)25-17(30)11(22)6-4-5-7-21/h10-13,16H,3-9,21-22H2,1-2H3,(H2,23,28)(H2,24,29)(H,25,30)(H,26,31)(H,27,32)(H,33,34). The SMILES string of the molecule is CCC(C)C(NC(=O)C(CC(N)=O)NC(=O)C(CC(N)=O)NC(=O)C(N)CCCCN)C(=O)O. The Morgan fingerprint density at radius 1 is 0.824 bits per heavy atom. The lowest BCUT2D eigenvalue weighted by atomic mass is 9.98. The van der Waals surface area contributed by atoms with Crippen molar-refractivity contribution in [2.45, 2.75) is 76.5 Å². The summed E-state index contributed by atoms with van der Waals surface area (Å²) >= 11 is 0. The van der Waals surface area contributed by atoms with Crippen LogP contribution < -0.4 is 38.9 Å². The Kier molecular flexibility index (Phi) is 14.1. The number of unbranched alkanes of at least 4 members (excludes halogenated alkanes) is 1. The van der Waals surface area contributed by atoms with Crippen LogP contribution in [0.2, 0.25) is 0 Å². The number of carbonyl (C=O) groups is 6. The van der Waals surface area contributed by atoms with E-state index in [1.165, 1.54) is 0 Å². The molecule has 34 heavy (non-hydrogen) atoms. The molecule has 194 valence electrons. The van der Waals surface area contributed by atoms with Gasteiger partial charge in [0.2, 0.25) is 29.5 Å². The van der Waals surface area contributed by atoms with Crippen LogP contribution in [0.15, 0.2) is 0 Å². The molecule has 0 aliphatic carbocycles. The summed E-state index contributed by atoms with van der Waals surface area (Å²) in [5.41, 5.74) is 21.5. The number of hydrogen-bond donors (Lipinski definition) is 8. The van der Waals surface area contributed by atoms with Gasteiger partial charge in [0.15, 0.2) is 0 Å². The molecule has 0 radical (unpaired) electrons. The van der Waals surface area contributed by atoms with Gasteiger partial charge in [-0.1, -0.05) is 26.7 Å². The van der Waals surface area contributed by atoms with Gasteiger partial charge in [0.05, 0.1) is 18.9 Å². The predicted octanol–water partition coefficient (Wildman–Crippen LogP) is -3.22. The van der Waals surface area contributed by atoms with Crippen molar-refractivity contribution in [3.8, 4) is 0 Å². The molecule has 5 amide bonds. The molecule has 0 rings (SSSR count). The molecule has 12 N–H and O–H groups in total. The van der Waals surface area contributed by atoms with Crippen molar-refractivity contribution in [1.82, 2.24) is 16.0 Å². The second-order valence-electron chi connectivity index (χ2n) is 8.06. The largest absolute Gasteiger partial charge is 0.480 e. The lowest BCUT2D eigenvalue weighted by molar-refractivity contribution is -0.144. The van der Waals surface area contributed by atoms with Gasteiger partial charge in [-0.2, -0.15) is 0 Å². The number of nitrogens with two attached hydrogens (primary N) is 4. The normalized spacial score (nSPS) is 15.2. The molecule has 0 spiro atoms. The van der Waals surface area contributed by atoms with E-state index in [1.807, 2.05) is 0 Å². The highest BCUT2D eigenvalue weighted by Gasteiger charge is 2.33. The fourth-order valence-electron chi connectivity index (χ4n) is 2.95. The third-order valence-corrected chi connectivity index (χ3v) is 5.16. The summed E-state index contributed by atoms with van der Waals surface area (Å²) in [6, 6.07) is -5.30. The van der Waals surface area contributed by atoms with Crippen molar-refractivity contribution in [2.75, 3.05) is 6.54 Å². The molecule has 0 saturated heterocycles. The van der Waals surface area contributed by atoms with E-state index in [1.54, 1.807) is 13.8 Å². The Hall–Kier alpha value is -3.26. The van der Waals surface area contributed by atoms with Gasteiger partial charge in [-0.15, -0.1) is 0 Å². The van der Waals surface area contributed by atoms with Crippen molar-refractivity contribution >= 4 is 35.5 Å². The summed E-state index contributed by atoms with van der Waals surface area (Å²) in [6.07, 6.45) is 0.668. The van der Waals surface area contributed by atoms with Gasteiger partial charge in [-0.25, -0.2) is 4.79 Å². The fourth-order valence-corrected chi connectivity index (χ4v) is 2.95. The summed E-state index contributed by atoms with van der Waals surface area (Å²) in [5.74, 6) is -6.31. The van der Waals surface area contributed by atoms with Gasteiger partial charge in [-0.3, -0.25) is 24.0 Å². The maximum atomic E-state index is 12.8. The Balaban J connectivity index is 5.51. The molecule has 0 aliphatic rings. The zero-order valence-electron chi connectivity index (χ0n) is 19.5. The van der Waals surface area contributed by atoms with Crippen LogP contribution in [0.1, 0.15) is 52.4 Å². The molecule has 0 fully saturated rings. The van der Waals surface area contributed by atoms with Crippen LogP contribution in [-0.4, -0.2) is 71.3 Å².